The first-order valence-electron chi connectivity index (χ1n) is 7.59. The number of nitrogens with zero attached hydrogens (tertiary/aromatic N) is 1. The quantitative estimate of drug-likeness (QED) is 0.581. The van der Waals surface area contributed by atoms with Crippen molar-refractivity contribution in [3.63, 3.8) is 0 Å². The summed E-state index contributed by atoms with van der Waals surface area (Å²) in [5.41, 5.74) is 0.877. The lowest BCUT2D eigenvalue weighted by Gasteiger charge is -2.12. The van der Waals surface area contributed by atoms with Crippen molar-refractivity contribution in [2.45, 2.75) is 6.36 Å². The summed E-state index contributed by atoms with van der Waals surface area (Å²) in [5.74, 6) is -1.78. The number of hydrogen-bond acceptors (Lipinski definition) is 3. The topological polar surface area (TPSA) is 59.4 Å². The van der Waals surface area contributed by atoms with Gasteiger partial charge in [0, 0.05) is 10.9 Å². The van der Waals surface area contributed by atoms with Crippen LogP contribution >= 0.6 is 11.6 Å². The van der Waals surface area contributed by atoms with Crippen LogP contribution in [0.4, 0.5) is 13.2 Å². The van der Waals surface area contributed by atoms with Gasteiger partial charge in [0.1, 0.15) is 11.4 Å². The van der Waals surface area contributed by atoms with E-state index in [1.165, 1.54) is 6.08 Å². The Morgan fingerprint density at radius 1 is 1.11 bits per heavy atom. The van der Waals surface area contributed by atoms with Crippen molar-refractivity contribution in [2.75, 3.05) is 0 Å². The van der Waals surface area contributed by atoms with Gasteiger partial charge >= 0.3 is 12.3 Å². The molecule has 0 aliphatic rings. The summed E-state index contributed by atoms with van der Waals surface area (Å²) < 4.78 is 41.9. The molecular weight excluding hydrogens is 383 g/mol. The molecule has 3 aromatic rings. The first-order valence-corrected chi connectivity index (χ1v) is 7.97. The van der Waals surface area contributed by atoms with Crippen molar-refractivity contribution in [2.24, 2.45) is 0 Å². The maximum atomic E-state index is 12.6. The average Bonchev–Trinajstić information content (AvgIpc) is 2.59. The number of fused-ring (bicyclic) bond motifs is 1. The summed E-state index contributed by atoms with van der Waals surface area (Å²) in [6.45, 7) is 0. The van der Waals surface area contributed by atoms with E-state index in [-0.39, 0.29) is 27.2 Å². The predicted molar refractivity (Wildman–Crippen MR) is 95.8 cm³/mol. The van der Waals surface area contributed by atoms with E-state index in [1.807, 2.05) is 6.07 Å². The lowest BCUT2D eigenvalue weighted by Crippen LogP contribution is -2.17. The molecule has 8 heteroatoms. The molecule has 1 aromatic heterocycles. The summed E-state index contributed by atoms with van der Waals surface area (Å²) in [6, 6.07) is 12.3. The average molecular weight is 394 g/mol. The van der Waals surface area contributed by atoms with E-state index in [9.17, 15) is 18.0 Å². The van der Waals surface area contributed by atoms with Gasteiger partial charge in [0.25, 0.3) is 0 Å². The Kier molecular flexibility index (Phi) is 5.05. The first kappa shape index (κ1) is 18.7. The van der Waals surface area contributed by atoms with E-state index < -0.39 is 18.1 Å². The van der Waals surface area contributed by atoms with Gasteiger partial charge in [0.15, 0.2) is 0 Å². The van der Waals surface area contributed by atoms with Gasteiger partial charge in [-0.3, -0.25) is 0 Å². The number of hydrogen-bond donors (Lipinski definition) is 1. The Labute approximate surface area is 156 Å². The molecule has 138 valence electrons. The maximum absolute atomic E-state index is 12.6. The van der Waals surface area contributed by atoms with Crippen LogP contribution in [0, 0.1) is 0 Å². The van der Waals surface area contributed by atoms with Gasteiger partial charge in [-0.05, 0) is 23.8 Å². The van der Waals surface area contributed by atoms with E-state index >= 15 is 0 Å². The third-order valence-electron chi connectivity index (χ3n) is 3.57. The molecule has 2 aromatic carbocycles. The number of ether oxygens (including phenoxy) is 1. The Morgan fingerprint density at radius 3 is 2.44 bits per heavy atom. The highest BCUT2D eigenvalue weighted by Gasteiger charge is 2.31. The van der Waals surface area contributed by atoms with Crippen molar-refractivity contribution in [1.82, 2.24) is 4.98 Å². The number of carboxylic acid groups (broad SMARTS) is 1. The number of benzene rings is 2. The van der Waals surface area contributed by atoms with Crippen molar-refractivity contribution in [3.05, 3.63) is 70.4 Å². The zero-order valence-electron chi connectivity index (χ0n) is 13.5. The molecule has 3 rings (SSSR count). The number of rotatable bonds is 4. The Hall–Kier alpha value is -3.06. The number of carbonyl (C=O) groups is 1. The van der Waals surface area contributed by atoms with Crippen LogP contribution in [0.5, 0.6) is 5.75 Å². The lowest BCUT2D eigenvalue weighted by molar-refractivity contribution is -0.274. The lowest BCUT2D eigenvalue weighted by atomic mass is 10.1. The second kappa shape index (κ2) is 7.28. The number of aromatic nitrogens is 1. The third-order valence-corrected chi connectivity index (χ3v) is 3.89. The number of alkyl halides is 3. The normalized spacial score (nSPS) is 11.9. The van der Waals surface area contributed by atoms with Gasteiger partial charge < -0.3 is 9.84 Å². The van der Waals surface area contributed by atoms with E-state index in [4.69, 9.17) is 16.7 Å². The molecule has 4 nitrogen and oxygen atoms in total. The Bertz CT molecular complexity index is 1030. The highest BCUT2D eigenvalue weighted by atomic mass is 35.5. The van der Waals surface area contributed by atoms with E-state index in [0.717, 1.165) is 23.8 Å². The van der Waals surface area contributed by atoms with Gasteiger partial charge in [0.2, 0.25) is 0 Å². The molecule has 0 spiro atoms. The van der Waals surface area contributed by atoms with E-state index in [2.05, 4.69) is 9.72 Å². The second-order valence-corrected chi connectivity index (χ2v) is 5.90. The first-order chi connectivity index (χ1) is 12.7. The van der Waals surface area contributed by atoms with E-state index in [1.54, 1.807) is 30.3 Å². The van der Waals surface area contributed by atoms with Crippen LogP contribution in [0.1, 0.15) is 21.6 Å². The summed E-state index contributed by atoms with van der Waals surface area (Å²) >= 11 is 6.07. The molecule has 0 bridgehead atoms. The Morgan fingerprint density at radius 2 is 1.81 bits per heavy atom. The molecular formula is C19H11ClF3NO3. The molecule has 0 unspecified atom stereocenters. The van der Waals surface area contributed by atoms with Crippen molar-refractivity contribution in [3.8, 4) is 5.75 Å². The summed E-state index contributed by atoms with van der Waals surface area (Å²) in [6.07, 6.45) is -1.69. The van der Waals surface area contributed by atoms with Crippen molar-refractivity contribution >= 4 is 40.6 Å². The van der Waals surface area contributed by atoms with Crippen molar-refractivity contribution in [1.29, 1.82) is 0 Å². The predicted octanol–water partition coefficient (Wildman–Crippen LogP) is 5.66. The Balaban J connectivity index is 2.20. The minimum Gasteiger partial charge on any atom is -0.477 e. The fourth-order valence-corrected chi connectivity index (χ4v) is 2.71. The van der Waals surface area contributed by atoms with E-state index in [0.29, 0.717) is 0 Å². The highest BCUT2D eigenvalue weighted by Crippen LogP contribution is 2.33. The fourth-order valence-electron chi connectivity index (χ4n) is 2.47. The molecule has 27 heavy (non-hydrogen) atoms. The number of aromatic carboxylic acids is 1. The molecule has 0 aliphatic heterocycles. The molecule has 0 radical (unpaired) electrons. The van der Waals surface area contributed by atoms with Crippen LogP contribution in [0.3, 0.4) is 0 Å². The van der Waals surface area contributed by atoms with Crippen LogP contribution in [0.2, 0.25) is 5.02 Å². The molecule has 1 N–H and O–H groups in total. The molecule has 0 saturated heterocycles. The molecule has 0 amide bonds. The molecule has 0 aliphatic carbocycles. The summed E-state index contributed by atoms with van der Waals surface area (Å²) in [5, 5.41) is 9.27. The SMILES string of the molecule is O=C(O)c1cc(Cl)c2cc(OC(F)(F)F)cc(/C=C/c3ccccc3)c2n1. The van der Waals surface area contributed by atoms with Crippen LogP contribution in [-0.2, 0) is 0 Å². The zero-order valence-corrected chi connectivity index (χ0v) is 14.3. The molecule has 0 atom stereocenters. The van der Waals surface area contributed by atoms with Crippen molar-refractivity contribution < 1.29 is 27.8 Å². The number of halogens is 4. The monoisotopic (exact) mass is 393 g/mol. The molecule has 0 fully saturated rings. The van der Waals surface area contributed by atoms with Crippen LogP contribution in [0.15, 0.2) is 48.5 Å². The number of pyridine rings is 1. The van der Waals surface area contributed by atoms with Crippen LogP contribution < -0.4 is 4.74 Å². The molecule has 0 saturated carbocycles. The minimum atomic E-state index is -4.88. The fraction of sp³-hybridized carbons (Fsp3) is 0.0526. The largest absolute Gasteiger partial charge is 0.573 e. The number of carboxylic acids is 1. The zero-order chi connectivity index (χ0) is 19.6. The smallest absolute Gasteiger partial charge is 0.477 e. The standard InChI is InChI=1S/C19H11ClF3NO3/c20-15-10-16(18(25)26)24-17-12(7-6-11-4-2-1-3-5-11)8-13(9-14(15)17)27-19(21,22)23/h1-10H,(H,25,26)/b7-6+. The third kappa shape index (κ3) is 4.57. The van der Waals surface area contributed by atoms with Gasteiger partial charge in [-0.1, -0.05) is 54.1 Å². The second-order valence-electron chi connectivity index (χ2n) is 5.49. The minimum absolute atomic E-state index is 0.0422. The van der Waals surface area contributed by atoms with Gasteiger partial charge in [-0.25, -0.2) is 9.78 Å². The van der Waals surface area contributed by atoms with Gasteiger partial charge in [-0.15, -0.1) is 13.2 Å². The van der Waals surface area contributed by atoms with Crippen LogP contribution in [0.25, 0.3) is 23.1 Å². The maximum Gasteiger partial charge on any atom is 0.573 e. The summed E-state index contributed by atoms with van der Waals surface area (Å²) in [4.78, 5) is 15.2. The van der Waals surface area contributed by atoms with Gasteiger partial charge in [-0.2, -0.15) is 0 Å². The highest BCUT2D eigenvalue weighted by molar-refractivity contribution is 6.36. The summed E-state index contributed by atoms with van der Waals surface area (Å²) in [7, 11) is 0. The van der Waals surface area contributed by atoms with Crippen LogP contribution in [-0.4, -0.2) is 22.4 Å². The van der Waals surface area contributed by atoms with Gasteiger partial charge in [0.05, 0.1) is 10.5 Å². The molecule has 1 heterocycles.